The topological polar surface area (TPSA) is 121 Å². The predicted octanol–water partition coefficient (Wildman–Crippen LogP) is -1.72. The number of Topliss-reactive ketones (excluding diaryl/α,β-unsaturated/α-hetero) is 2. The summed E-state index contributed by atoms with van der Waals surface area (Å²) < 4.78 is 4.68. The third-order valence-electron chi connectivity index (χ3n) is 3.49. The van der Waals surface area contributed by atoms with Crippen LogP contribution in [-0.4, -0.2) is 50.9 Å². The summed E-state index contributed by atoms with van der Waals surface area (Å²) in [5, 5.41) is 27.7. The number of cyclic esters (lactones) is 1. The number of carbonyl (C=O) groups is 3. The molecule has 2 aliphatic rings. The molecular weight excluding hydrogens is 244 g/mol. The lowest BCUT2D eigenvalue weighted by Crippen LogP contribution is -2.49. The van der Waals surface area contributed by atoms with E-state index >= 15 is 0 Å². The number of ether oxygens (including phenoxy) is 1. The first-order valence-corrected chi connectivity index (χ1v) is 5.71. The molecule has 0 bridgehead atoms. The van der Waals surface area contributed by atoms with Gasteiger partial charge < -0.3 is 20.1 Å². The smallest absolute Gasteiger partial charge is 0.347 e. The van der Waals surface area contributed by atoms with Crippen molar-refractivity contribution in [1.29, 1.82) is 0 Å². The van der Waals surface area contributed by atoms with Gasteiger partial charge >= 0.3 is 5.97 Å². The Labute approximate surface area is 102 Å². The van der Waals surface area contributed by atoms with Gasteiger partial charge in [-0.3, -0.25) is 9.59 Å². The lowest BCUT2D eigenvalue weighted by atomic mass is 9.82. The van der Waals surface area contributed by atoms with Crippen LogP contribution in [0.5, 0.6) is 0 Å². The van der Waals surface area contributed by atoms with Crippen LogP contribution in [-0.2, 0) is 19.1 Å². The molecule has 7 nitrogen and oxygen atoms in total. The molecule has 0 aromatic carbocycles. The molecule has 0 radical (unpaired) electrons. The fourth-order valence-electron chi connectivity index (χ4n) is 2.50. The maximum atomic E-state index is 11.9. The summed E-state index contributed by atoms with van der Waals surface area (Å²) in [6.07, 6.45) is -3.21. The minimum Gasteiger partial charge on any atom is -0.452 e. The Morgan fingerprint density at radius 1 is 1.33 bits per heavy atom. The molecule has 2 rings (SSSR count). The minimum atomic E-state index is -2.31. The van der Waals surface area contributed by atoms with Gasteiger partial charge in [-0.25, -0.2) is 4.79 Å². The van der Waals surface area contributed by atoms with Gasteiger partial charge in [0.25, 0.3) is 0 Å². The molecular formula is C11H14O7. The van der Waals surface area contributed by atoms with Gasteiger partial charge in [0, 0.05) is 25.2 Å². The number of hydrogen-bond acceptors (Lipinski definition) is 7. The third kappa shape index (κ3) is 1.94. The first kappa shape index (κ1) is 13.1. The molecule has 3 N–H and O–H groups in total. The number of aliphatic hydroxyl groups is 3. The van der Waals surface area contributed by atoms with Gasteiger partial charge in [0.05, 0.1) is 0 Å². The molecule has 0 aromatic heterocycles. The Kier molecular flexibility index (Phi) is 3.22. The predicted molar refractivity (Wildman–Crippen MR) is 55.0 cm³/mol. The minimum absolute atomic E-state index is 0.0360. The van der Waals surface area contributed by atoms with Gasteiger partial charge in [-0.05, 0) is 6.42 Å². The molecule has 1 saturated carbocycles. The van der Waals surface area contributed by atoms with E-state index in [-0.39, 0.29) is 25.0 Å². The van der Waals surface area contributed by atoms with Crippen LogP contribution < -0.4 is 0 Å². The highest BCUT2D eigenvalue weighted by molar-refractivity contribution is 6.14. The molecule has 1 saturated heterocycles. The lowest BCUT2D eigenvalue weighted by Gasteiger charge is -2.22. The maximum absolute atomic E-state index is 11.9. The number of aliphatic hydroxyl groups excluding tert-OH is 1. The van der Waals surface area contributed by atoms with Gasteiger partial charge in [0.15, 0.2) is 12.4 Å². The fourth-order valence-corrected chi connectivity index (χ4v) is 2.50. The van der Waals surface area contributed by atoms with Crippen LogP contribution in [0, 0.1) is 5.92 Å². The van der Waals surface area contributed by atoms with Crippen LogP contribution in [0.4, 0.5) is 0 Å². The number of hydrogen-bond donors (Lipinski definition) is 3. The van der Waals surface area contributed by atoms with Gasteiger partial charge in [0.1, 0.15) is 5.78 Å². The summed E-state index contributed by atoms with van der Waals surface area (Å²) in [6, 6.07) is 0. The normalized spacial score (nSPS) is 36.6. The van der Waals surface area contributed by atoms with Crippen LogP contribution in [0.3, 0.4) is 0 Å². The van der Waals surface area contributed by atoms with Crippen molar-refractivity contribution in [3.8, 4) is 0 Å². The molecule has 1 aliphatic heterocycles. The molecule has 0 spiro atoms. The zero-order valence-electron chi connectivity index (χ0n) is 9.54. The summed E-state index contributed by atoms with van der Waals surface area (Å²) in [6.45, 7) is 0. The Bertz CT molecular complexity index is 402. The summed E-state index contributed by atoms with van der Waals surface area (Å²) in [7, 11) is 0. The van der Waals surface area contributed by atoms with E-state index in [2.05, 4.69) is 4.74 Å². The molecule has 100 valence electrons. The largest absolute Gasteiger partial charge is 0.452 e. The summed E-state index contributed by atoms with van der Waals surface area (Å²) in [5.41, 5.74) is -2.31. The van der Waals surface area contributed by atoms with Crippen molar-refractivity contribution in [3.63, 3.8) is 0 Å². The van der Waals surface area contributed by atoms with E-state index in [0.29, 0.717) is 0 Å². The van der Waals surface area contributed by atoms with Gasteiger partial charge in [-0.15, -0.1) is 0 Å². The molecule has 18 heavy (non-hydrogen) atoms. The van der Waals surface area contributed by atoms with Crippen LogP contribution in [0.1, 0.15) is 25.7 Å². The van der Waals surface area contributed by atoms with Crippen molar-refractivity contribution in [2.45, 2.75) is 43.7 Å². The van der Waals surface area contributed by atoms with E-state index in [1.54, 1.807) is 0 Å². The molecule has 3 unspecified atom stereocenters. The van der Waals surface area contributed by atoms with Gasteiger partial charge in [-0.2, -0.15) is 0 Å². The first-order valence-electron chi connectivity index (χ1n) is 5.71. The maximum Gasteiger partial charge on any atom is 0.347 e. The zero-order chi connectivity index (χ0) is 13.5. The standard InChI is InChI=1S/C11H14O7/c12-6-2-1-5(3-6)11(17)9(15)7(4-8(13)14)18-10(11)16/h5,7-8,13-14,17H,1-4H2. The van der Waals surface area contributed by atoms with E-state index in [0.717, 1.165) is 0 Å². The highest BCUT2D eigenvalue weighted by Crippen LogP contribution is 2.39. The van der Waals surface area contributed by atoms with Crippen molar-refractivity contribution < 1.29 is 34.4 Å². The third-order valence-corrected chi connectivity index (χ3v) is 3.49. The van der Waals surface area contributed by atoms with E-state index in [1.807, 2.05) is 0 Å². The molecule has 1 aliphatic carbocycles. The zero-order valence-corrected chi connectivity index (χ0v) is 9.54. The summed E-state index contributed by atoms with van der Waals surface area (Å²) in [5.74, 6) is -2.87. The van der Waals surface area contributed by atoms with E-state index in [9.17, 15) is 19.5 Å². The summed E-state index contributed by atoms with van der Waals surface area (Å²) in [4.78, 5) is 34.7. The van der Waals surface area contributed by atoms with Crippen molar-refractivity contribution in [3.05, 3.63) is 0 Å². The monoisotopic (exact) mass is 258 g/mol. The van der Waals surface area contributed by atoms with Crippen molar-refractivity contribution in [1.82, 2.24) is 0 Å². The Morgan fingerprint density at radius 2 is 2.00 bits per heavy atom. The SMILES string of the molecule is O=C1CCC(C2(O)C(=O)OC(CC(O)O)C2=O)C1. The highest BCUT2D eigenvalue weighted by Gasteiger charge is 2.61. The number of ketones is 2. The summed E-state index contributed by atoms with van der Waals surface area (Å²) >= 11 is 0. The second-order valence-electron chi connectivity index (χ2n) is 4.72. The molecule has 2 fully saturated rings. The number of carbonyl (C=O) groups excluding carboxylic acids is 3. The van der Waals surface area contributed by atoms with Crippen LogP contribution in [0.2, 0.25) is 0 Å². The van der Waals surface area contributed by atoms with Gasteiger partial charge in [-0.1, -0.05) is 0 Å². The van der Waals surface area contributed by atoms with E-state index in [1.165, 1.54) is 0 Å². The average molecular weight is 258 g/mol. The second kappa shape index (κ2) is 4.42. The lowest BCUT2D eigenvalue weighted by molar-refractivity contribution is -0.161. The number of rotatable bonds is 3. The van der Waals surface area contributed by atoms with Crippen LogP contribution >= 0.6 is 0 Å². The Balaban J connectivity index is 2.19. The van der Waals surface area contributed by atoms with Crippen molar-refractivity contribution >= 4 is 17.5 Å². The fraction of sp³-hybridized carbons (Fsp3) is 0.727. The average Bonchev–Trinajstić information content (AvgIpc) is 2.79. The Hall–Kier alpha value is -1.31. The van der Waals surface area contributed by atoms with Crippen LogP contribution in [0.25, 0.3) is 0 Å². The van der Waals surface area contributed by atoms with Crippen molar-refractivity contribution in [2.24, 2.45) is 5.92 Å². The molecule has 1 heterocycles. The van der Waals surface area contributed by atoms with Gasteiger partial charge in [0.2, 0.25) is 11.4 Å². The molecule has 7 heteroatoms. The van der Waals surface area contributed by atoms with E-state index in [4.69, 9.17) is 10.2 Å². The molecule has 0 amide bonds. The number of esters is 1. The highest BCUT2D eigenvalue weighted by atomic mass is 16.6. The first-order chi connectivity index (χ1) is 8.35. The van der Waals surface area contributed by atoms with Crippen molar-refractivity contribution in [2.75, 3.05) is 0 Å². The quantitative estimate of drug-likeness (QED) is 0.313. The van der Waals surface area contributed by atoms with Crippen LogP contribution in [0.15, 0.2) is 0 Å². The Morgan fingerprint density at radius 3 is 2.50 bits per heavy atom. The van der Waals surface area contributed by atoms with E-state index < -0.39 is 42.1 Å². The molecule has 0 aromatic rings. The molecule has 3 atom stereocenters. The second-order valence-corrected chi connectivity index (χ2v) is 4.72.